The Morgan fingerprint density at radius 3 is 2.38 bits per heavy atom. The molecule has 0 spiro atoms. The maximum atomic E-state index is 14.8. The molecule has 4 rings (SSSR count). The Bertz CT molecular complexity index is 1220. The van der Waals surface area contributed by atoms with Crippen LogP contribution in [0.3, 0.4) is 0 Å². The number of benzene rings is 2. The molecule has 162 valence electrons. The number of halogens is 2. The molecule has 0 aliphatic rings. The summed E-state index contributed by atoms with van der Waals surface area (Å²) in [5, 5.41) is 7.12. The Hall–Kier alpha value is -3.94. The molecule has 2 aromatic carbocycles. The van der Waals surface area contributed by atoms with Crippen molar-refractivity contribution in [3.63, 3.8) is 0 Å². The third-order valence-electron chi connectivity index (χ3n) is 4.94. The fraction of sp³-hybridized carbons (Fsp3) is 0.167. The molecule has 0 fully saturated rings. The minimum atomic E-state index is -0.469. The van der Waals surface area contributed by atoms with Gasteiger partial charge in [0.25, 0.3) is 5.91 Å². The van der Waals surface area contributed by atoms with Crippen LogP contribution >= 0.6 is 0 Å². The zero-order chi connectivity index (χ0) is 22.5. The summed E-state index contributed by atoms with van der Waals surface area (Å²) in [5.41, 5.74) is 2.39. The topological polar surface area (TPSA) is 72.7 Å². The molecular weight excluding hydrogens is 412 g/mol. The quantitative estimate of drug-likeness (QED) is 0.464. The average Bonchev–Trinajstić information content (AvgIpc) is 3.29. The fourth-order valence-electron chi connectivity index (χ4n) is 3.24. The molecule has 0 unspecified atom stereocenters. The predicted octanol–water partition coefficient (Wildman–Crippen LogP) is 4.54. The van der Waals surface area contributed by atoms with Crippen LogP contribution in [0.4, 0.5) is 14.7 Å². The first-order valence-corrected chi connectivity index (χ1v) is 10.3. The lowest BCUT2D eigenvalue weighted by Crippen LogP contribution is -2.17. The summed E-state index contributed by atoms with van der Waals surface area (Å²) in [6.45, 7) is 1.79. The summed E-state index contributed by atoms with van der Waals surface area (Å²) >= 11 is 0. The van der Waals surface area contributed by atoms with E-state index >= 15 is 0 Å². The molecule has 0 aliphatic carbocycles. The van der Waals surface area contributed by atoms with E-state index < -0.39 is 5.82 Å². The van der Waals surface area contributed by atoms with E-state index in [4.69, 9.17) is 0 Å². The highest BCUT2D eigenvalue weighted by atomic mass is 19.1. The van der Waals surface area contributed by atoms with Crippen molar-refractivity contribution < 1.29 is 13.6 Å². The number of nitrogens with one attached hydrogen (secondary N) is 1. The molecule has 0 aliphatic heterocycles. The van der Waals surface area contributed by atoms with Gasteiger partial charge < -0.3 is 0 Å². The number of amides is 1. The van der Waals surface area contributed by atoms with E-state index in [-0.39, 0.29) is 35.5 Å². The van der Waals surface area contributed by atoms with Crippen LogP contribution in [0.2, 0.25) is 0 Å². The van der Waals surface area contributed by atoms with Gasteiger partial charge in [0, 0.05) is 11.8 Å². The van der Waals surface area contributed by atoms with Crippen molar-refractivity contribution in [2.24, 2.45) is 0 Å². The first-order chi connectivity index (χ1) is 15.5. The summed E-state index contributed by atoms with van der Waals surface area (Å²) in [5.74, 6) is -1.07. The van der Waals surface area contributed by atoms with Gasteiger partial charge in [0.05, 0.1) is 22.8 Å². The van der Waals surface area contributed by atoms with Crippen molar-refractivity contribution in [3.05, 3.63) is 101 Å². The molecular formula is C24H21F2N5O. The second-order valence-corrected chi connectivity index (χ2v) is 7.16. The van der Waals surface area contributed by atoms with Gasteiger partial charge in [-0.05, 0) is 61.7 Å². The molecule has 4 aromatic rings. The number of hydrogen-bond acceptors (Lipinski definition) is 4. The van der Waals surface area contributed by atoms with Crippen LogP contribution in [0.25, 0.3) is 5.69 Å². The zero-order valence-electron chi connectivity index (χ0n) is 17.4. The molecule has 0 bridgehead atoms. The Morgan fingerprint density at radius 1 is 0.938 bits per heavy atom. The second kappa shape index (κ2) is 9.47. The number of rotatable bonds is 7. The number of carbonyl (C=O) groups excluding carboxylic acids is 1. The van der Waals surface area contributed by atoms with Crippen molar-refractivity contribution in [2.75, 3.05) is 5.32 Å². The van der Waals surface area contributed by atoms with Crippen LogP contribution in [0.1, 0.15) is 34.4 Å². The van der Waals surface area contributed by atoms with Gasteiger partial charge in [0.2, 0.25) is 5.95 Å². The fourth-order valence-corrected chi connectivity index (χ4v) is 3.24. The molecule has 32 heavy (non-hydrogen) atoms. The van der Waals surface area contributed by atoms with Gasteiger partial charge in [0.1, 0.15) is 5.82 Å². The molecule has 8 heteroatoms. The minimum Gasteiger partial charge on any atom is -0.290 e. The number of aryl methyl sites for hydroxylation is 3. The highest BCUT2D eigenvalue weighted by Gasteiger charge is 2.16. The number of anilines is 1. The highest BCUT2D eigenvalue weighted by Crippen LogP contribution is 2.17. The van der Waals surface area contributed by atoms with Gasteiger partial charge >= 0.3 is 0 Å². The summed E-state index contributed by atoms with van der Waals surface area (Å²) in [4.78, 5) is 20.8. The lowest BCUT2D eigenvalue weighted by atomic mass is 10.1. The standard InChI is InChI=1S/C24H21F2N5O/c1-2-20-22(26)21(28-24(27-20)29-23(32)16-6-4-3-5-7-16)13-10-18-14-15-31(30-18)19-11-8-17(25)9-12-19/h3-9,11-12,14-15H,2,10,13H2,1H3,(H,27,28,29,32). The summed E-state index contributed by atoms with van der Waals surface area (Å²) < 4.78 is 29.6. The van der Waals surface area contributed by atoms with E-state index in [1.165, 1.54) is 12.1 Å². The van der Waals surface area contributed by atoms with E-state index in [1.807, 2.05) is 12.1 Å². The normalized spacial score (nSPS) is 10.8. The Kier molecular flexibility index (Phi) is 6.30. The van der Waals surface area contributed by atoms with Crippen LogP contribution in [0.15, 0.2) is 66.9 Å². The monoisotopic (exact) mass is 433 g/mol. The Morgan fingerprint density at radius 2 is 1.66 bits per heavy atom. The van der Waals surface area contributed by atoms with Gasteiger partial charge in [-0.1, -0.05) is 25.1 Å². The number of hydrogen-bond donors (Lipinski definition) is 1. The molecule has 2 aromatic heterocycles. The third-order valence-corrected chi connectivity index (χ3v) is 4.94. The van der Waals surface area contributed by atoms with Crippen LogP contribution in [-0.4, -0.2) is 25.7 Å². The van der Waals surface area contributed by atoms with E-state index in [9.17, 15) is 13.6 Å². The van der Waals surface area contributed by atoms with Crippen LogP contribution in [0.5, 0.6) is 0 Å². The molecule has 1 amide bonds. The van der Waals surface area contributed by atoms with Crippen molar-refractivity contribution in [1.82, 2.24) is 19.7 Å². The molecule has 0 atom stereocenters. The SMILES string of the molecule is CCc1nc(NC(=O)c2ccccc2)nc(CCc2ccn(-c3ccc(F)cc3)n2)c1F. The predicted molar refractivity (Wildman–Crippen MR) is 117 cm³/mol. The number of nitrogens with zero attached hydrogens (tertiary/aromatic N) is 4. The van der Waals surface area contributed by atoms with Crippen molar-refractivity contribution in [2.45, 2.75) is 26.2 Å². The van der Waals surface area contributed by atoms with Crippen molar-refractivity contribution in [3.8, 4) is 5.69 Å². The molecule has 6 nitrogen and oxygen atoms in total. The Balaban J connectivity index is 1.50. The molecule has 0 saturated heterocycles. The first kappa shape index (κ1) is 21.3. The van der Waals surface area contributed by atoms with Gasteiger partial charge in [-0.25, -0.2) is 23.4 Å². The third kappa shape index (κ3) is 4.85. The number of aromatic nitrogens is 4. The van der Waals surface area contributed by atoms with Crippen LogP contribution in [0, 0.1) is 11.6 Å². The van der Waals surface area contributed by atoms with E-state index in [2.05, 4.69) is 20.4 Å². The lowest BCUT2D eigenvalue weighted by Gasteiger charge is -2.10. The first-order valence-electron chi connectivity index (χ1n) is 10.3. The van der Waals surface area contributed by atoms with Gasteiger partial charge in [-0.2, -0.15) is 5.10 Å². The Labute approximate surface area is 184 Å². The molecule has 2 heterocycles. The average molecular weight is 433 g/mol. The summed E-state index contributed by atoms with van der Waals surface area (Å²) in [7, 11) is 0. The molecule has 1 N–H and O–H groups in total. The van der Waals surface area contributed by atoms with E-state index in [0.717, 1.165) is 11.4 Å². The van der Waals surface area contributed by atoms with E-state index in [0.29, 0.717) is 18.4 Å². The summed E-state index contributed by atoms with van der Waals surface area (Å²) in [6, 6.07) is 16.5. The zero-order valence-corrected chi connectivity index (χ0v) is 17.4. The van der Waals surface area contributed by atoms with Crippen molar-refractivity contribution >= 4 is 11.9 Å². The minimum absolute atomic E-state index is 0.0731. The van der Waals surface area contributed by atoms with Gasteiger partial charge in [-0.3, -0.25) is 10.1 Å². The smallest absolute Gasteiger partial charge is 0.258 e. The van der Waals surface area contributed by atoms with Crippen LogP contribution in [-0.2, 0) is 19.3 Å². The maximum Gasteiger partial charge on any atom is 0.258 e. The van der Waals surface area contributed by atoms with E-state index in [1.54, 1.807) is 54.2 Å². The van der Waals surface area contributed by atoms with Gasteiger partial charge in [0.15, 0.2) is 5.82 Å². The highest BCUT2D eigenvalue weighted by molar-refractivity contribution is 6.03. The largest absolute Gasteiger partial charge is 0.290 e. The molecule has 0 radical (unpaired) electrons. The molecule has 0 saturated carbocycles. The maximum absolute atomic E-state index is 14.8. The van der Waals surface area contributed by atoms with Crippen molar-refractivity contribution in [1.29, 1.82) is 0 Å². The number of carbonyl (C=O) groups is 1. The van der Waals surface area contributed by atoms with Gasteiger partial charge in [-0.15, -0.1) is 0 Å². The lowest BCUT2D eigenvalue weighted by molar-refractivity contribution is 0.102. The summed E-state index contributed by atoms with van der Waals surface area (Å²) in [6.07, 6.45) is 2.87. The van der Waals surface area contributed by atoms with Crippen LogP contribution < -0.4 is 5.32 Å². The second-order valence-electron chi connectivity index (χ2n) is 7.16.